The van der Waals surface area contributed by atoms with Crippen molar-refractivity contribution >= 4 is 40.5 Å². The lowest BCUT2D eigenvalue weighted by Gasteiger charge is -2.20. The van der Waals surface area contributed by atoms with Crippen LogP contribution >= 0.6 is 11.8 Å². The number of hydrazone groups is 1. The second-order valence-electron chi connectivity index (χ2n) is 8.10. The van der Waals surface area contributed by atoms with Crippen LogP contribution in [0, 0.1) is 0 Å². The number of nitrogens with zero attached hydrogens (tertiary/aromatic N) is 4. The fourth-order valence-electron chi connectivity index (χ4n) is 3.87. The Hall–Kier alpha value is -4.11. The molecule has 0 unspecified atom stereocenters. The first-order valence-corrected chi connectivity index (χ1v) is 13.0. The maximum absolute atomic E-state index is 13.3. The van der Waals surface area contributed by atoms with Crippen LogP contribution in [0.15, 0.2) is 87.8 Å². The van der Waals surface area contributed by atoms with E-state index in [0.717, 1.165) is 24.3 Å². The predicted molar refractivity (Wildman–Crippen MR) is 150 cm³/mol. The standard InChI is InChI=1S/C28H29N5O3S/c1-4-32(5-2)21-12-10-20(11-13-21)18-29-31-26(34)19-37-28-30-25-9-7-6-8-24(25)27(35)33(28)22-14-16-23(36-3)17-15-22/h6-18H,4-5,19H2,1-3H3,(H,31,34). The van der Waals surface area contributed by atoms with Gasteiger partial charge in [0.05, 0.1) is 35.7 Å². The molecule has 0 saturated carbocycles. The lowest BCUT2D eigenvalue weighted by molar-refractivity contribution is -0.118. The average Bonchev–Trinajstić information content (AvgIpc) is 2.93. The van der Waals surface area contributed by atoms with Crippen molar-refractivity contribution in [2.45, 2.75) is 19.0 Å². The maximum Gasteiger partial charge on any atom is 0.266 e. The molecule has 37 heavy (non-hydrogen) atoms. The average molecular weight is 516 g/mol. The molecule has 0 spiro atoms. The number of hydrogen-bond acceptors (Lipinski definition) is 7. The SMILES string of the molecule is CCN(CC)c1ccc(C=NNC(=O)CSc2nc3ccccc3c(=O)n2-c2ccc(OC)cc2)cc1. The van der Waals surface area contributed by atoms with E-state index in [0.29, 0.717) is 27.5 Å². The number of methoxy groups -OCH3 is 1. The van der Waals surface area contributed by atoms with Crippen molar-refractivity contribution in [2.24, 2.45) is 5.10 Å². The second-order valence-corrected chi connectivity index (χ2v) is 9.04. The summed E-state index contributed by atoms with van der Waals surface area (Å²) in [5, 5.41) is 5.00. The number of nitrogens with one attached hydrogen (secondary N) is 1. The van der Waals surface area contributed by atoms with Gasteiger partial charge in [-0.15, -0.1) is 0 Å². The first-order chi connectivity index (χ1) is 18.0. The minimum Gasteiger partial charge on any atom is -0.497 e. The number of rotatable bonds is 10. The summed E-state index contributed by atoms with van der Waals surface area (Å²) in [5.41, 5.74) is 5.59. The van der Waals surface area contributed by atoms with Crippen LogP contribution in [0.2, 0.25) is 0 Å². The molecule has 0 atom stereocenters. The van der Waals surface area contributed by atoms with Gasteiger partial charge in [-0.1, -0.05) is 36.0 Å². The highest BCUT2D eigenvalue weighted by Crippen LogP contribution is 2.23. The minimum atomic E-state index is -0.301. The van der Waals surface area contributed by atoms with Crippen LogP contribution in [0.25, 0.3) is 16.6 Å². The van der Waals surface area contributed by atoms with Gasteiger partial charge in [0.1, 0.15) is 5.75 Å². The van der Waals surface area contributed by atoms with Gasteiger partial charge in [-0.25, -0.2) is 10.4 Å². The highest BCUT2D eigenvalue weighted by molar-refractivity contribution is 7.99. The third-order valence-electron chi connectivity index (χ3n) is 5.83. The normalized spacial score (nSPS) is 11.1. The maximum atomic E-state index is 13.3. The summed E-state index contributed by atoms with van der Waals surface area (Å²) in [6, 6.07) is 22.3. The summed E-state index contributed by atoms with van der Waals surface area (Å²) in [7, 11) is 1.59. The summed E-state index contributed by atoms with van der Waals surface area (Å²) in [6.45, 7) is 6.12. The van der Waals surface area contributed by atoms with Gasteiger partial charge in [0.15, 0.2) is 5.16 Å². The quantitative estimate of drug-likeness (QED) is 0.145. The molecule has 0 aliphatic carbocycles. The first kappa shape index (κ1) is 26.0. The van der Waals surface area contributed by atoms with Gasteiger partial charge in [-0.2, -0.15) is 5.10 Å². The summed E-state index contributed by atoms with van der Waals surface area (Å²) >= 11 is 1.17. The number of amides is 1. The number of benzene rings is 3. The van der Waals surface area contributed by atoms with Crippen LogP contribution in [-0.2, 0) is 4.79 Å². The predicted octanol–water partition coefficient (Wildman–Crippen LogP) is 4.48. The highest BCUT2D eigenvalue weighted by atomic mass is 32.2. The third-order valence-corrected chi connectivity index (χ3v) is 6.77. The zero-order valence-electron chi connectivity index (χ0n) is 21.0. The summed E-state index contributed by atoms with van der Waals surface area (Å²) in [5.74, 6) is 0.420. The lowest BCUT2D eigenvalue weighted by Crippen LogP contribution is -2.24. The minimum absolute atomic E-state index is 0.0408. The molecular formula is C28H29N5O3S. The lowest BCUT2D eigenvalue weighted by atomic mass is 10.2. The first-order valence-electron chi connectivity index (χ1n) is 12.0. The van der Waals surface area contributed by atoms with Crippen molar-refractivity contribution in [2.75, 3.05) is 30.9 Å². The van der Waals surface area contributed by atoms with Gasteiger partial charge < -0.3 is 9.64 Å². The molecule has 8 nitrogen and oxygen atoms in total. The number of carbonyl (C=O) groups is 1. The van der Waals surface area contributed by atoms with E-state index >= 15 is 0 Å². The Kier molecular flexibility index (Phi) is 8.58. The number of fused-ring (bicyclic) bond motifs is 1. The van der Waals surface area contributed by atoms with Crippen LogP contribution in [-0.4, -0.2) is 47.6 Å². The molecule has 0 bridgehead atoms. The van der Waals surface area contributed by atoms with E-state index < -0.39 is 0 Å². The topological polar surface area (TPSA) is 88.8 Å². The van der Waals surface area contributed by atoms with Crippen LogP contribution in [0.4, 0.5) is 5.69 Å². The van der Waals surface area contributed by atoms with Crippen LogP contribution in [0.3, 0.4) is 0 Å². The number of thioether (sulfide) groups is 1. The van der Waals surface area contributed by atoms with E-state index in [-0.39, 0.29) is 17.2 Å². The smallest absolute Gasteiger partial charge is 0.266 e. The van der Waals surface area contributed by atoms with Crippen LogP contribution in [0.5, 0.6) is 5.75 Å². The molecule has 4 aromatic rings. The number of aromatic nitrogens is 2. The fourth-order valence-corrected chi connectivity index (χ4v) is 4.67. The Bertz CT molecular complexity index is 1450. The van der Waals surface area contributed by atoms with Gasteiger partial charge >= 0.3 is 0 Å². The number of hydrogen-bond donors (Lipinski definition) is 1. The van der Waals surface area contributed by atoms with Crippen LogP contribution < -0.4 is 20.6 Å². The van der Waals surface area contributed by atoms with Gasteiger partial charge in [0.2, 0.25) is 0 Å². The molecule has 0 radical (unpaired) electrons. The molecule has 0 aliphatic rings. The molecule has 1 amide bonds. The van der Waals surface area contributed by atoms with E-state index in [2.05, 4.69) is 34.3 Å². The zero-order valence-corrected chi connectivity index (χ0v) is 21.9. The Balaban J connectivity index is 1.48. The Morgan fingerprint density at radius 2 is 1.76 bits per heavy atom. The number of carbonyl (C=O) groups excluding carboxylic acids is 1. The third kappa shape index (κ3) is 6.18. The van der Waals surface area contributed by atoms with Crippen molar-refractivity contribution in [1.29, 1.82) is 0 Å². The summed E-state index contributed by atoms with van der Waals surface area (Å²) < 4.78 is 6.75. The van der Waals surface area contributed by atoms with Gasteiger partial charge in [-0.05, 0) is 67.9 Å². The molecule has 3 aromatic carbocycles. The fraction of sp³-hybridized carbons (Fsp3) is 0.214. The zero-order chi connectivity index (χ0) is 26.2. The molecule has 190 valence electrons. The molecule has 0 fully saturated rings. The van der Waals surface area contributed by atoms with E-state index in [4.69, 9.17) is 4.74 Å². The van der Waals surface area contributed by atoms with E-state index in [9.17, 15) is 9.59 Å². The van der Waals surface area contributed by atoms with E-state index in [1.807, 2.05) is 30.3 Å². The highest BCUT2D eigenvalue weighted by Gasteiger charge is 2.15. The molecule has 0 aliphatic heterocycles. The van der Waals surface area contributed by atoms with Gasteiger partial charge in [0, 0.05) is 18.8 Å². The molecule has 4 rings (SSSR count). The molecule has 1 N–H and O–H groups in total. The molecule has 0 saturated heterocycles. The monoisotopic (exact) mass is 515 g/mol. The number of anilines is 1. The van der Waals surface area contributed by atoms with Crippen LogP contribution in [0.1, 0.15) is 19.4 Å². The Morgan fingerprint density at radius 1 is 1.05 bits per heavy atom. The Morgan fingerprint density at radius 3 is 2.43 bits per heavy atom. The van der Waals surface area contributed by atoms with Crippen molar-refractivity contribution < 1.29 is 9.53 Å². The van der Waals surface area contributed by atoms with E-state index in [1.165, 1.54) is 16.3 Å². The molecule has 1 heterocycles. The molecule has 1 aromatic heterocycles. The van der Waals surface area contributed by atoms with Crippen molar-refractivity contribution in [3.05, 3.63) is 88.7 Å². The second kappa shape index (κ2) is 12.2. The summed E-state index contributed by atoms with van der Waals surface area (Å²) in [6.07, 6.45) is 1.61. The number of ether oxygens (including phenoxy) is 1. The van der Waals surface area contributed by atoms with E-state index in [1.54, 1.807) is 55.8 Å². The van der Waals surface area contributed by atoms with Crippen molar-refractivity contribution in [3.63, 3.8) is 0 Å². The largest absolute Gasteiger partial charge is 0.497 e. The molecular weight excluding hydrogens is 486 g/mol. The van der Waals surface area contributed by atoms with Crippen molar-refractivity contribution in [3.8, 4) is 11.4 Å². The number of para-hydroxylation sites is 1. The Labute approximate surface area is 220 Å². The van der Waals surface area contributed by atoms with Gasteiger partial charge in [-0.3, -0.25) is 14.2 Å². The summed E-state index contributed by atoms with van der Waals surface area (Å²) in [4.78, 5) is 32.8. The molecule has 9 heteroatoms. The van der Waals surface area contributed by atoms with Crippen molar-refractivity contribution in [1.82, 2.24) is 15.0 Å². The van der Waals surface area contributed by atoms with Gasteiger partial charge in [0.25, 0.3) is 11.5 Å².